The molecule has 1 aliphatic heterocycles. The van der Waals surface area contributed by atoms with Gasteiger partial charge in [-0.15, -0.1) is 0 Å². The Balaban J connectivity index is 1.59. The van der Waals surface area contributed by atoms with Crippen LogP contribution in [0.5, 0.6) is 5.88 Å². The summed E-state index contributed by atoms with van der Waals surface area (Å²) in [5.41, 5.74) is 1.68. The number of aromatic nitrogens is 2. The lowest BCUT2D eigenvalue weighted by molar-refractivity contribution is -0.131. The van der Waals surface area contributed by atoms with Gasteiger partial charge in [-0.25, -0.2) is 4.98 Å². The number of carbonyl (C=O) groups is 2. The molecule has 146 valence electrons. The van der Waals surface area contributed by atoms with E-state index in [0.29, 0.717) is 41.9 Å². The van der Waals surface area contributed by atoms with Gasteiger partial charge in [0.2, 0.25) is 17.7 Å². The van der Waals surface area contributed by atoms with Crippen molar-refractivity contribution in [3.8, 4) is 5.88 Å². The summed E-state index contributed by atoms with van der Waals surface area (Å²) in [6.07, 6.45) is 3.92. The van der Waals surface area contributed by atoms with Crippen molar-refractivity contribution in [3.63, 3.8) is 0 Å². The Morgan fingerprint density at radius 1 is 1.43 bits per heavy atom. The smallest absolute Gasteiger partial charge is 0.247 e. The summed E-state index contributed by atoms with van der Waals surface area (Å²) in [6, 6.07) is 7.41. The monoisotopic (exact) mass is 400 g/mol. The van der Waals surface area contributed by atoms with Crippen molar-refractivity contribution in [2.45, 2.75) is 19.4 Å². The summed E-state index contributed by atoms with van der Waals surface area (Å²) in [4.78, 5) is 34.3. The van der Waals surface area contributed by atoms with Gasteiger partial charge >= 0.3 is 0 Å². The fraction of sp³-hybridized carbons (Fsp3) is 0.300. The molecule has 8 heteroatoms. The summed E-state index contributed by atoms with van der Waals surface area (Å²) in [7, 11) is 1.49. The van der Waals surface area contributed by atoms with Gasteiger partial charge in [-0.05, 0) is 30.2 Å². The number of benzene rings is 1. The molecule has 1 N–H and O–H groups in total. The van der Waals surface area contributed by atoms with E-state index in [1.807, 2.05) is 29.2 Å². The molecule has 1 aromatic carbocycles. The first-order valence-corrected chi connectivity index (χ1v) is 9.24. The van der Waals surface area contributed by atoms with Crippen molar-refractivity contribution < 1.29 is 14.3 Å². The van der Waals surface area contributed by atoms with Crippen molar-refractivity contribution in [2.75, 3.05) is 19.0 Å². The summed E-state index contributed by atoms with van der Waals surface area (Å²) in [5, 5.41) is 3.04. The van der Waals surface area contributed by atoms with Gasteiger partial charge in [-0.2, -0.15) is 4.98 Å². The molecule has 7 nitrogen and oxygen atoms in total. The fourth-order valence-corrected chi connectivity index (χ4v) is 3.27. The van der Waals surface area contributed by atoms with E-state index in [0.717, 1.165) is 12.0 Å². The van der Waals surface area contributed by atoms with E-state index in [1.165, 1.54) is 19.4 Å². The second-order valence-corrected chi connectivity index (χ2v) is 6.89. The molecule has 1 fully saturated rings. The molecule has 2 amide bonds. The first-order valence-electron chi connectivity index (χ1n) is 8.86. The zero-order valence-corrected chi connectivity index (χ0v) is 16.3. The first kappa shape index (κ1) is 19.8. The summed E-state index contributed by atoms with van der Waals surface area (Å²) < 4.78 is 5.11. The summed E-state index contributed by atoms with van der Waals surface area (Å²) in [6.45, 7) is 4.63. The number of hydrogen-bond acceptors (Lipinski definition) is 5. The van der Waals surface area contributed by atoms with Crippen LogP contribution in [0.25, 0.3) is 0 Å². The topological polar surface area (TPSA) is 84.4 Å². The Labute approximate surface area is 168 Å². The van der Waals surface area contributed by atoms with Crippen LogP contribution >= 0.6 is 11.6 Å². The highest BCUT2D eigenvalue weighted by atomic mass is 35.5. The van der Waals surface area contributed by atoms with Gasteiger partial charge in [0, 0.05) is 31.1 Å². The maximum Gasteiger partial charge on any atom is 0.247 e. The fourth-order valence-electron chi connectivity index (χ4n) is 3.10. The van der Waals surface area contributed by atoms with E-state index < -0.39 is 0 Å². The molecule has 1 aromatic heterocycles. The quantitative estimate of drug-likeness (QED) is 0.722. The molecule has 0 radical (unpaired) electrons. The third kappa shape index (κ3) is 4.67. The number of halogens is 1. The molecule has 0 saturated carbocycles. The van der Waals surface area contributed by atoms with Crippen molar-refractivity contribution in [1.29, 1.82) is 0 Å². The van der Waals surface area contributed by atoms with Crippen LogP contribution in [-0.2, 0) is 22.6 Å². The van der Waals surface area contributed by atoms with Crippen LogP contribution < -0.4 is 10.1 Å². The van der Waals surface area contributed by atoms with E-state index in [4.69, 9.17) is 16.3 Å². The van der Waals surface area contributed by atoms with E-state index in [9.17, 15) is 9.59 Å². The van der Waals surface area contributed by atoms with E-state index >= 15 is 0 Å². The van der Waals surface area contributed by atoms with Gasteiger partial charge < -0.3 is 15.0 Å². The van der Waals surface area contributed by atoms with Crippen molar-refractivity contribution in [2.24, 2.45) is 5.92 Å². The normalized spacial score (nSPS) is 16.1. The Morgan fingerprint density at radius 2 is 2.18 bits per heavy atom. The number of methoxy groups -OCH3 is 1. The number of carbonyl (C=O) groups excluding carboxylic acids is 2. The molecule has 0 aliphatic carbocycles. The number of nitrogens with one attached hydrogen (secondary N) is 1. The summed E-state index contributed by atoms with van der Waals surface area (Å²) in [5.74, 6) is 0.534. The zero-order chi connectivity index (χ0) is 20.1. The zero-order valence-electron chi connectivity index (χ0n) is 15.5. The lowest BCUT2D eigenvalue weighted by atomic mass is 10.0. The molecular weight excluding hydrogens is 380 g/mol. The van der Waals surface area contributed by atoms with Crippen molar-refractivity contribution in [1.82, 2.24) is 14.9 Å². The third-order valence-electron chi connectivity index (χ3n) is 4.57. The molecule has 2 heterocycles. The van der Waals surface area contributed by atoms with Crippen LogP contribution in [0.15, 0.2) is 43.1 Å². The van der Waals surface area contributed by atoms with Gasteiger partial charge in [0.05, 0.1) is 13.3 Å². The molecule has 0 unspecified atom stereocenters. The second kappa shape index (κ2) is 8.84. The minimum atomic E-state index is -0.258. The number of anilines is 1. The van der Waals surface area contributed by atoms with Crippen LogP contribution in [0.1, 0.15) is 17.8 Å². The number of amides is 2. The average Bonchev–Trinajstić information content (AvgIpc) is 3.04. The number of likely N-dealkylation sites (tertiary alicyclic amines) is 1. The molecule has 1 atom stereocenters. The largest absolute Gasteiger partial charge is 0.480 e. The molecule has 3 rings (SSSR count). The second-order valence-electron chi connectivity index (χ2n) is 6.48. The van der Waals surface area contributed by atoms with Crippen molar-refractivity contribution >= 4 is 29.1 Å². The maximum absolute atomic E-state index is 12.7. The van der Waals surface area contributed by atoms with Gasteiger partial charge in [0.25, 0.3) is 0 Å². The predicted molar refractivity (Wildman–Crippen MR) is 106 cm³/mol. The van der Waals surface area contributed by atoms with Crippen LogP contribution in [0.2, 0.25) is 5.02 Å². The maximum atomic E-state index is 12.7. The predicted octanol–water partition coefficient (Wildman–Crippen LogP) is 2.85. The molecule has 0 bridgehead atoms. The van der Waals surface area contributed by atoms with Gasteiger partial charge in [-0.3, -0.25) is 9.59 Å². The van der Waals surface area contributed by atoms with E-state index in [-0.39, 0.29) is 17.7 Å². The Bertz CT molecular complexity index is 886. The molecule has 2 aromatic rings. The molecule has 28 heavy (non-hydrogen) atoms. The number of ether oxygens (including phenoxy) is 1. The molecule has 1 saturated heterocycles. The number of rotatable bonds is 7. The van der Waals surface area contributed by atoms with E-state index in [2.05, 4.69) is 21.9 Å². The Hall–Kier alpha value is -2.93. The first-order chi connectivity index (χ1) is 13.5. The third-order valence-corrected chi connectivity index (χ3v) is 4.83. The van der Waals surface area contributed by atoms with Gasteiger partial charge in [-0.1, -0.05) is 30.3 Å². The average molecular weight is 401 g/mol. The lowest BCUT2D eigenvalue weighted by Gasteiger charge is -2.17. The Morgan fingerprint density at radius 3 is 2.86 bits per heavy atom. The molecule has 0 spiro atoms. The number of hydrogen-bond donors (Lipinski definition) is 1. The van der Waals surface area contributed by atoms with E-state index in [1.54, 1.807) is 0 Å². The molecular formula is C20H21ClN4O3. The molecule has 1 aliphatic rings. The van der Waals surface area contributed by atoms with Gasteiger partial charge in [0.1, 0.15) is 10.8 Å². The minimum Gasteiger partial charge on any atom is -0.480 e. The highest BCUT2D eigenvalue weighted by Crippen LogP contribution is 2.25. The van der Waals surface area contributed by atoms with Crippen LogP contribution in [0, 0.1) is 5.92 Å². The lowest BCUT2D eigenvalue weighted by Crippen LogP contribution is -2.27. The minimum absolute atomic E-state index is 0.0848. The van der Waals surface area contributed by atoms with Crippen LogP contribution in [0.4, 0.5) is 5.69 Å². The standard InChI is InChI=1S/C20H21ClN4O3/c1-3-18(26)23-15-6-4-13(5-7-15)12-25-9-8-14(20(25)27)10-17-22-11-16(21)19(24-17)28-2/h3-7,11,14H,1,8-10,12H2,2H3,(H,23,26)/t14-/m0/s1. The van der Waals surface area contributed by atoms with Crippen LogP contribution in [-0.4, -0.2) is 40.3 Å². The van der Waals surface area contributed by atoms with Gasteiger partial charge in [0.15, 0.2) is 0 Å². The number of nitrogens with zero attached hydrogens (tertiary/aromatic N) is 3. The highest BCUT2D eigenvalue weighted by molar-refractivity contribution is 6.31. The Kier molecular flexibility index (Phi) is 6.26. The SMILES string of the molecule is C=CC(=O)Nc1ccc(CN2CC[C@@H](Cc3ncc(Cl)c(OC)n3)C2=O)cc1. The van der Waals surface area contributed by atoms with Crippen LogP contribution in [0.3, 0.4) is 0 Å². The summed E-state index contributed by atoms with van der Waals surface area (Å²) >= 11 is 5.95. The highest BCUT2D eigenvalue weighted by Gasteiger charge is 2.32. The van der Waals surface area contributed by atoms with Crippen molar-refractivity contribution in [3.05, 3.63) is 59.5 Å².